The number of benzene rings is 1. The molecule has 1 aromatic carbocycles. The molecule has 0 aliphatic heterocycles. The predicted octanol–water partition coefficient (Wildman–Crippen LogP) is 5.42. The highest BCUT2D eigenvalue weighted by atomic mass is 35.5. The Bertz CT molecular complexity index is 852. The van der Waals surface area contributed by atoms with Gasteiger partial charge in [0.15, 0.2) is 0 Å². The molecule has 0 bridgehead atoms. The first-order chi connectivity index (χ1) is 11.0. The van der Waals surface area contributed by atoms with Crippen LogP contribution in [0.15, 0.2) is 36.4 Å². The number of rotatable bonds is 3. The van der Waals surface area contributed by atoms with E-state index in [1.54, 1.807) is 11.9 Å². The average Bonchev–Trinajstić information content (AvgIpc) is 3.12. The number of hydrogen-bond acceptors (Lipinski definition) is 4. The maximum atomic E-state index is 12.8. The van der Waals surface area contributed by atoms with Crippen molar-refractivity contribution in [1.82, 2.24) is 4.98 Å². The molecule has 0 aliphatic rings. The molecule has 23 heavy (non-hydrogen) atoms. The number of halogens is 1. The SMILES string of the molecule is Cc1ccc(N(C)C(=O)c2sc(-c3ccc(Cl)s3)nc2C)cc1. The van der Waals surface area contributed by atoms with Gasteiger partial charge in [-0.15, -0.1) is 22.7 Å². The number of carbonyl (C=O) groups excluding carboxylic acids is 1. The molecule has 118 valence electrons. The van der Waals surface area contributed by atoms with E-state index in [4.69, 9.17) is 11.6 Å². The van der Waals surface area contributed by atoms with Gasteiger partial charge in [0.2, 0.25) is 0 Å². The minimum Gasteiger partial charge on any atom is -0.311 e. The van der Waals surface area contributed by atoms with Crippen molar-refractivity contribution >= 4 is 45.9 Å². The molecule has 0 N–H and O–H groups in total. The van der Waals surface area contributed by atoms with Crippen molar-refractivity contribution in [3.05, 3.63) is 56.9 Å². The highest BCUT2D eigenvalue weighted by Crippen LogP contribution is 2.35. The van der Waals surface area contributed by atoms with Gasteiger partial charge in [-0.3, -0.25) is 4.79 Å². The van der Waals surface area contributed by atoms with Crippen LogP contribution in [-0.2, 0) is 0 Å². The molecular formula is C17H15ClN2OS2. The van der Waals surface area contributed by atoms with Crippen molar-refractivity contribution in [2.45, 2.75) is 13.8 Å². The van der Waals surface area contributed by atoms with Gasteiger partial charge in [-0.2, -0.15) is 0 Å². The normalized spacial score (nSPS) is 10.8. The van der Waals surface area contributed by atoms with E-state index >= 15 is 0 Å². The number of thiophene rings is 1. The van der Waals surface area contributed by atoms with E-state index in [9.17, 15) is 4.79 Å². The Labute approximate surface area is 148 Å². The van der Waals surface area contributed by atoms with E-state index in [0.29, 0.717) is 4.88 Å². The van der Waals surface area contributed by atoms with E-state index in [0.717, 1.165) is 25.6 Å². The lowest BCUT2D eigenvalue weighted by molar-refractivity contribution is 0.0996. The molecule has 0 saturated carbocycles. The Morgan fingerprint density at radius 3 is 2.39 bits per heavy atom. The van der Waals surface area contributed by atoms with Crippen LogP contribution < -0.4 is 4.90 Å². The van der Waals surface area contributed by atoms with Crippen LogP contribution in [0.1, 0.15) is 20.9 Å². The first kappa shape index (κ1) is 16.2. The molecule has 0 spiro atoms. The summed E-state index contributed by atoms with van der Waals surface area (Å²) < 4.78 is 0.720. The van der Waals surface area contributed by atoms with Crippen molar-refractivity contribution in [2.75, 3.05) is 11.9 Å². The van der Waals surface area contributed by atoms with Gasteiger partial charge in [0.05, 0.1) is 14.9 Å². The zero-order chi connectivity index (χ0) is 16.6. The predicted molar refractivity (Wildman–Crippen MR) is 99.1 cm³/mol. The lowest BCUT2D eigenvalue weighted by Crippen LogP contribution is -2.25. The van der Waals surface area contributed by atoms with Crippen molar-refractivity contribution in [2.24, 2.45) is 0 Å². The molecule has 3 aromatic rings. The summed E-state index contributed by atoms with van der Waals surface area (Å²) in [5.74, 6) is -0.0437. The van der Waals surface area contributed by atoms with Crippen LogP contribution in [0, 0.1) is 13.8 Å². The smallest absolute Gasteiger partial charge is 0.270 e. The summed E-state index contributed by atoms with van der Waals surface area (Å²) in [5, 5.41) is 0.833. The lowest BCUT2D eigenvalue weighted by atomic mass is 10.2. The van der Waals surface area contributed by atoms with Gasteiger partial charge in [-0.25, -0.2) is 4.98 Å². The minimum atomic E-state index is -0.0437. The molecule has 0 unspecified atom stereocenters. The van der Waals surface area contributed by atoms with Crippen LogP contribution in [0.4, 0.5) is 5.69 Å². The molecule has 3 nitrogen and oxygen atoms in total. The van der Waals surface area contributed by atoms with Crippen LogP contribution in [0.25, 0.3) is 9.88 Å². The van der Waals surface area contributed by atoms with E-state index < -0.39 is 0 Å². The van der Waals surface area contributed by atoms with Gasteiger partial charge in [-0.1, -0.05) is 29.3 Å². The number of aryl methyl sites for hydroxylation is 2. The zero-order valence-electron chi connectivity index (χ0n) is 13.0. The molecule has 0 atom stereocenters. The molecule has 2 heterocycles. The lowest BCUT2D eigenvalue weighted by Gasteiger charge is -2.16. The monoisotopic (exact) mass is 362 g/mol. The number of nitrogens with zero attached hydrogens (tertiary/aromatic N) is 2. The summed E-state index contributed by atoms with van der Waals surface area (Å²) >= 11 is 8.86. The Hall–Kier alpha value is -1.69. The Morgan fingerprint density at radius 1 is 1.09 bits per heavy atom. The maximum Gasteiger partial charge on any atom is 0.270 e. The highest BCUT2D eigenvalue weighted by molar-refractivity contribution is 7.24. The topological polar surface area (TPSA) is 33.2 Å². The first-order valence-electron chi connectivity index (χ1n) is 7.03. The largest absolute Gasteiger partial charge is 0.311 e. The number of aromatic nitrogens is 1. The summed E-state index contributed by atoms with van der Waals surface area (Å²) in [6, 6.07) is 11.7. The second kappa shape index (κ2) is 6.43. The summed E-state index contributed by atoms with van der Waals surface area (Å²) in [5.41, 5.74) is 2.79. The van der Waals surface area contributed by atoms with Gasteiger partial charge < -0.3 is 4.90 Å². The number of thiazole rings is 1. The zero-order valence-corrected chi connectivity index (χ0v) is 15.4. The van der Waals surface area contributed by atoms with Gasteiger partial charge in [0.1, 0.15) is 9.88 Å². The van der Waals surface area contributed by atoms with Gasteiger partial charge in [-0.05, 0) is 38.1 Å². The molecule has 0 saturated heterocycles. The fraction of sp³-hybridized carbons (Fsp3) is 0.176. The molecule has 3 rings (SSSR count). The van der Waals surface area contributed by atoms with E-state index in [2.05, 4.69) is 4.98 Å². The van der Waals surface area contributed by atoms with Gasteiger partial charge in [0.25, 0.3) is 5.91 Å². The molecule has 0 radical (unpaired) electrons. The first-order valence-corrected chi connectivity index (χ1v) is 9.04. The van der Waals surface area contributed by atoms with Crippen LogP contribution in [-0.4, -0.2) is 17.9 Å². The fourth-order valence-corrected chi connectivity index (χ4v) is 4.31. The van der Waals surface area contributed by atoms with Crippen molar-refractivity contribution in [3.63, 3.8) is 0 Å². The van der Waals surface area contributed by atoms with E-state index in [-0.39, 0.29) is 5.91 Å². The molecule has 1 amide bonds. The molecule has 6 heteroatoms. The second-order valence-corrected chi connectivity index (χ2v) is 7.95. The second-order valence-electron chi connectivity index (χ2n) is 5.24. The molecule has 2 aromatic heterocycles. The Morgan fingerprint density at radius 2 is 1.78 bits per heavy atom. The summed E-state index contributed by atoms with van der Waals surface area (Å²) in [4.78, 5) is 20.6. The number of carbonyl (C=O) groups is 1. The quantitative estimate of drug-likeness (QED) is 0.623. The fourth-order valence-electron chi connectivity index (χ4n) is 2.17. The maximum absolute atomic E-state index is 12.8. The van der Waals surface area contributed by atoms with Crippen molar-refractivity contribution < 1.29 is 4.79 Å². The van der Waals surface area contributed by atoms with Gasteiger partial charge >= 0.3 is 0 Å². The van der Waals surface area contributed by atoms with E-state index in [1.807, 2.05) is 50.2 Å². The van der Waals surface area contributed by atoms with Crippen LogP contribution in [0.5, 0.6) is 0 Å². The summed E-state index contributed by atoms with van der Waals surface area (Å²) in [7, 11) is 1.79. The molecular weight excluding hydrogens is 348 g/mol. The van der Waals surface area contributed by atoms with E-state index in [1.165, 1.54) is 28.2 Å². The van der Waals surface area contributed by atoms with Crippen molar-refractivity contribution in [3.8, 4) is 9.88 Å². The van der Waals surface area contributed by atoms with Crippen LogP contribution in [0.2, 0.25) is 4.34 Å². The average molecular weight is 363 g/mol. The Balaban J connectivity index is 1.90. The highest BCUT2D eigenvalue weighted by Gasteiger charge is 2.21. The van der Waals surface area contributed by atoms with Crippen molar-refractivity contribution in [1.29, 1.82) is 0 Å². The minimum absolute atomic E-state index is 0.0437. The number of amides is 1. The third-order valence-electron chi connectivity index (χ3n) is 3.50. The Kier molecular flexibility index (Phi) is 4.53. The van der Waals surface area contributed by atoms with Crippen LogP contribution >= 0.6 is 34.3 Å². The van der Waals surface area contributed by atoms with Crippen LogP contribution in [0.3, 0.4) is 0 Å². The third-order valence-corrected chi connectivity index (χ3v) is 6.05. The molecule has 0 fully saturated rings. The van der Waals surface area contributed by atoms with Gasteiger partial charge in [0, 0.05) is 12.7 Å². The summed E-state index contributed by atoms with van der Waals surface area (Å²) in [6.45, 7) is 3.89. The summed E-state index contributed by atoms with van der Waals surface area (Å²) in [6.07, 6.45) is 0. The number of anilines is 1. The third kappa shape index (κ3) is 3.32. The number of hydrogen-bond donors (Lipinski definition) is 0. The molecule has 0 aliphatic carbocycles. The standard InChI is InChI=1S/C17H15ClN2OS2/c1-10-4-6-12(7-5-10)20(3)17(21)15-11(2)19-16(23-15)13-8-9-14(18)22-13/h4-9H,1-3H3.